The summed E-state index contributed by atoms with van der Waals surface area (Å²) in [5.74, 6) is 3.01. The molecule has 1 aromatic heterocycles. The van der Waals surface area contributed by atoms with Crippen LogP contribution in [0.15, 0.2) is 15.9 Å². The van der Waals surface area contributed by atoms with Crippen LogP contribution in [0.3, 0.4) is 0 Å². The molecule has 1 aromatic rings. The summed E-state index contributed by atoms with van der Waals surface area (Å²) in [6, 6.07) is 4.22. The Kier molecular flexibility index (Phi) is 7.35. The van der Waals surface area contributed by atoms with E-state index >= 15 is 0 Å². The number of Topliss-reactive ketones (excluding diaryl/α,β-unsaturated/α-hetero) is 2. The minimum atomic E-state index is 0.0688. The molecule has 0 bridgehead atoms. The molecule has 1 unspecified atom stereocenters. The molecule has 198 valence electrons. The van der Waals surface area contributed by atoms with Crippen LogP contribution in [0, 0.1) is 46.3 Å². The Bertz CT molecular complexity index is 1040. The van der Waals surface area contributed by atoms with Gasteiger partial charge in [-0.25, -0.2) is 0 Å². The number of rotatable bonds is 6. The van der Waals surface area contributed by atoms with Gasteiger partial charge in [-0.1, -0.05) is 27.7 Å². The van der Waals surface area contributed by atoms with Crippen molar-refractivity contribution in [1.82, 2.24) is 5.32 Å². The van der Waals surface area contributed by atoms with Crippen LogP contribution in [-0.4, -0.2) is 17.5 Å². The fraction of sp³-hybridized carbons (Fsp3) is 0.767. The molecule has 36 heavy (non-hydrogen) atoms. The lowest BCUT2D eigenvalue weighted by Crippen LogP contribution is -2.57. The van der Waals surface area contributed by atoms with Crippen molar-refractivity contribution < 1.29 is 14.4 Å². The van der Waals surface area contributed by atoms with Crippen molar-refractivity contribution in [3.8, 4) is 0 Å². The van der Waals surface area contributed by atoms with Gasteiger partial charge >= 0.3 is 0 Å². The van der Waals surface area contributed by atoms with E-state index < -0.39 is 0 Å². The lowest BCUT2D eigenvalue weighted by atomic mass is 9.44. The van der Waals surface area contributed by atoms with Crippen molar-refractivity contribution in [3.05, 3.63) is 20.8 Å². The third-order valence-corrected chi connectivity index (χ3v) is 13.0. The normalized spacial score (nSPS) is 39.6. The maximum absolute atomic E-state index is 13.6. The lowest BCUT2D eigenvalue weighted by Gasteiger charge is -2.59. The second-order valence-electron chi connectivity index (χ2n) is 12.9. The average molecular weight is 577 g/mol. The molecule has 4 fully saturated rings. The van der Waals surface area contributed by atoms with Crippen molar-refractivity contribution >= 4 is 44.7 Å². The molecule has 4 aliphatic carbocycles. The molecular formula is C30H42BrNO3S. The number of nitrogens with one attached hydrogen (secondary N) is 1. The zero-order valence-corrected chi connectivity index (χ0v) is 24.7. The van der Waals surface area contributed by atoms with Crippen molar-refractivity contribution in [2.45, 2.75) is 97.9 Å². The Hall–Kier alpha value is -1.01. The van der Waals surface area contributed by atoms with Gasteiger partial charge in [-0.05, 0) is 107 Å². The van der Waals surface area contributed by atoms with Gasteiger partial charge in [-0.3, -0.25) is 14.4 Å². The van der Waals surface area contributed by atoms with Gasteiger partial charge in [0.2, 0.25) is 5.91 Å². The van der Waals surface area contributed by atoms with Crippen molar-refractivity contribution in [2.24, 2.45) is 46.3 Å². The first kappa shape index (κ1) is 26.6. The van der Waals surface area contributed by atoms with Gasteiger partial charge < -0.3 is 5.32 Å². The minimum Gasteiger partial charge on any atom is -0.348 e. The Morgan fingerprint density at radius 2 is 1.86 bits per heavy atom. The number of hydrogen-bond donors (Lipinski definition) is 1. The summed E-state index contributed by atoms with van der Waals surface area (Å²) in [6.07, 6.45) is 8.81. The molecule has 0 spiro atoms. The summed E-state index contributed by atoms with van der Waals surface area (Å²) < 4.78 is 1.09. The van der Waals surface area contributed by atoms with Gasteiger partial charge in [0.15, 0.2) is 0 Å². The molecule has 0 aromatic carbocycles. The number of halogens is 1. The molecule has 6 heteroatoms. The molecule has 4 nitrogen and oxygen atoms in total. The maximum atomic E-state index is 13.6. The second kappa shape index (κ2) is 9.94. The molecule has 1 heterocycles. The molecule has 4 saturated carbocycles. The van der Waals surface area contributed by atoms with Crippen LogP contribution in [0.1, 0.15) is 103 Å². The molecule has 0 saturated heterocycles. The van der Waals surface area contributed by atoms with Crippen molar-refractivity contribution in [3.63, 3.8) is 0 Å². The zero-order valence-electron chi connectivity index (χ0n) is 22.3. The quantitative estimate of drug-likeness (QED) is 0.381. The van der Waals surface area contributed by atoms with E-state index in [1.807, 2.05) is 6.07 Å². The number of hydrogen-bond acceptors (Lipinski definition) is 4. The van der Waals surface area contributed by atoms with E-state index in [0.717, 1.165) is 42.3 Å². The van der Waals surface area contributed by atoms with E-state index in [1.165, 1.54) is 4.88 Å². The van der Waals surface area contributed by atoms with Crippen LogP contribution in [0.4, 0.5) is 0 Å². The highest BCUT2D eigenvalue weighted by molar-refractivity contribution is 9.11. The third kappa shape index (κ3) is 4.46. The molecule has 9 atom stereocenters. The van der Waals surface area contributed by atoms with Crippen molar-refractivity contribution in [2.75, 3.05) is 0 Å². The Labute approximate surface area is 228 Å². The molecule has 1 amide bonds. The first-order valence-corrected chi connectivity index (χ1v) is 15.8. The van der Waals surface area contributed by atoms with Crippen LogP contribution in [0.25, 0.3) is 0 Å². The monoisotopic (exact) mass is 575 g/mol. The summed E-state index contributed by atoms with van der Waals surface area (Å²) in [6.45, 7) is 9.22. The van der Waals surface area contributed by atoms with Gasteiger partial charge in [-0.15, -0.1) is 11.3 Å². The number of carbonyl (C=O) groups excluding carboxylic acids is 3. The highest BCUT2D eigenvalue weighted by atomic mass is 79.9. The van der Waals surface area contributed by atoms with E-state index in [0.29, 0.717) is 60.9 Å². The van der Waals surface area contributed by atoms with Crippen LogP contribution >= 0.6 is 27.3 Å². The largest absolute Gasteiger partial charge is 0.348 e. The summed E-state index contributed by atoms with van der Waals surface area (Å²) in [5.41, 5.74) is 0.274. The average Bonchev–Trinajstić information content (AvgIpc) is 3.41. The summed E-state index contributed by atoms with van der Waals surface area (Å²) >= 11 is 5.23. The third-order valence-electron chi connectivity index (χ3n) is 11.2. The number of fused-ring (bicyclic) bond motifs is 5. The SMILES string of the molecule is CC[C@@H](NC(=O)C[C@@H](C)C1CC[C@H]2[C@@H]3C(=O)C[C@@H]4CC(=O)CC[C@]4(C)[C@H]3CC[C@]12C)c1ccc(Br)s1. The maximum Gasteiger partial charge on any atom is 0.220 e. The number of ketones is 2. The Balaban J connectivity index is 1.28. The topological polar surface area (TPSA) is 63.2 Å². The predicted octanol–water partition coefficient (Wildman–Crippen LogP) is 7.51. The second-order valence-corrected chi connectivity index (χ2v) is 15.4. The van der Waals surface area contributed by atoms with Gasteiger partial charge in [0.1, 0.15) is 11.6 Å². The predicted molar refractivity (Wildman–Crippen MR) is 148 cm³/mol. The van der Waals surface area contributed by atoms with Crippen LogP contribution in [-0.2, 0) is 14.4 Å². The molecule has 5 rings (SSSR count). The first-order valence-electron chi connectivity index (χ1n) is 14.2. The zero-order chi connectivity index (χ0) is 25.8. The van der Waals surface area contributed by atoms with E-state index in [4.69, 9.17) is 0 Å². The van der Waals surface area contributed by atoms with E-state index in [2.05, 4.69) is 55.0 Å². The van der Waals surface area contributed by atoms with Gasteiger partial charge in [0.25, 0.3) is 0 Å². The fourth-order valence-corrected chi connectivity index (χ4v) is 10.8. The molecular weight excluding hydrogens is 534 g/mol. The van der Waals surface area contributed by atoms with E-state index in [1.54, 1.807) is 11.3 Å². The fourth-order valence-electron chi connectivity index (χ4n) is 9.28. The molecule has 1 N–H and O–H groups in total. The highest BCUT2D eigenvalue weighted by Gasteiger charge is 2.63. The summed E-state index contributed by atoms with van der Waals surface area (Å²) in [5, 5.41) is 3.30. The van der Waals surface area contributed by atoms with E-state index in [9.17, 15) is 14.4 Å². The summed E-state index contributed by atoms with van der Waals surface area (Å²) in [7, 11) is 0. The highest BCUT2D eigenvalue weighted by Crippen LogP contribution is 2.67. The van der Waals surface area contributed by atoms with Crippen molar-refractivity contribution in [1.29, 1.82) is 0 Å². The van der Waals surface area contributed by atoms with E-state index in [-0.39, 0.29) is 34.6 Å². The number of thiophene rings is 1. The Morgan fingerprint density at radius 3 is 2.56 bits per heavy atom. The van der Waals surface area contributed by atoms with Gasteiger partial charge in [0, 0.05) is 36.5 Å². The first-order chi connectivity index (χ1) is 17.1. The smallest absolute Gasteiger partial charge is 0.220 e. The standard InChI is InChI=1S/C30H42BrNO3S/c1-5-23(25-8-9-26(31)36-25)32-27(35)14-17(2)20-6-7-21-28-22(11-13-30(20,21)4)29(3)12-10-19(33)15-18(29)16-24(28)34/h8-9,17-18,20-23,28H,5-7,10-16H2,1-4H3,(H,32,35)/t17-,18+,20?,21+,22+,23-,28+,29+,30-/m1/s1. The van der Waals surface area contributed by atoms with Gasteiger partial charge in [-0.2, -0.15) is 0 Å². The van der Waals surface area contributed by atoms with Crippen LogP contribution in [0.5, 0.6) is 0 Å². The van der Waals surface area contributed by atoms with Crippen LogP contribution in [0.2, 0.25) is 0 Å². The molecule has 0 radical (unpaired) electrons. The molecule has 4 aliphatic rings. The van der Waals surface area contributed by atoms with Crippen LogP contribution < -0.4 is 5.32 Å². The molecule has 0 aliphatic heterocycles. The van der Waals surface area contributed by atoms with Gasteiger partial charge in [0.05, 0.1) is 9.83 Å². The Morgan fingerprint density at radius 1 is 1.11 bits per heavy atom. The lowest BCUT2D eigenvalue weighted by molar-refractivity contribution is -0.159. The number of amides is 1. The minimum absolute atomic E-state index is 0.0688. The summed E-state index contributed by atoms with van der Waals surface area (Å²) in [4.78, 5) is 40.1. The number of carbonyl (C=O) groups is 3.